The van der Waals surface area contributed by atoms with E-state index >= 15 is 0 Å². The van der Waals surface area contributed by atoms with E-state index in [1.54, 1.807) is 12.1 Å². The maximum absolute atomic E-state index is 12.9. The lowest BCUT2D eigenvalue weighted by Crippen LogP contribution is -2.50. The van der Waals surface area contributed by atoms with E-state index in [4.69, 9.17) is 4.74 Å². The van der Waals surface area contributed by atoms with Gasteiger partial charge in [0.05, 0.1) is 17.6 Å². The Morgan fingerprint density at radius 3 is 2.39 bits per heavy atom. The Bertz CT molecular complexity index is 1110. The molecule has 164 valence electrons. The van der Waals surface area contributed by atoms with E-state index in [9.17, 15) is 27.3 Å². The quantitative estimate of drug-likeness (QED) is 0.668. The molecule has 1 amide bonds. The molecule has 0 atom stereocenters. The zero-order valence-electron chi connectivity index (χ0n) is 16.5. The summed E-state index contributed by atoms with van der Waals surface area (Å²) in [5.74, 6) is -0.599. The van der Waals surface area contributed by atoms with Gasteiger partial charge in [-0.25, -0.2) is 8.42 Å². The summed E-state index contributed by atoms with van der Waals surface area (Å²) in [6.07, 6.45) is 0. The highest BCUT2D eigenvalue weighted by Gasteiger charge is 2.32. The Morgan fingerprint density at radius 1 is 1.10 bits per heavy atom. The van der Waals surface area contributed by atoms with Gasteiger partial charge in [0, 0.05) is 31.7 Å². The normalized spacial score (nSPS) is 14.9. The fourth-order valence-corrected chi connectivity index (χ4v) is 4.80. The second kappa shape index (κ2) is 9.28. The van der Waals surface area contributed by atoms with Crippen LogP contribution in [0.4, 0.5) is 8.78 Å². The van der Waals surface area contributed by atoms with Gasteiger partial charge in [0.1, 0.15) is 6.07 Å². The van der Waals surface area contributed by atoms with Crippen LogP contribution in [0.25, 0.3) is 0 Å². The van der Waals surface area contributed by atoms with Gasteiger partial charge in [-0.2, -0.15) is 18.3 Å². The summed E-state index contributed by atoms with van der Waals surface area (Å²) in [5.41, 5.74) is 0.254. The van der Waals surface area contributed by atoms with Crippen molar-refractivity contribution in [2.75, 3.05) is 33.3 Å². The van der Waals surface area contributed by atoms with Gasteiger partial charge in [0.15, 0.2) is 11.5 Å². The molecule has 2 aromatic carbocycles. The number of halogens is 2. The van der Waals surface area contributed by atoms with Crippen LogP contribution in [0, 0.1) is 11.3 Å². The maximum Gasteiger partial charge on any atom is 0.387 e. The molecule has 1 aliphatic rings. The number of piperazine rings is 1. The second-order valence-electron chi connectivity index (χ2n) is 6.55. The van der Waals surface area contributed by atoms with E-state index in [0.29, 0.717) is 0 Å². The zero-order chi connectivity index (χ0) is 22.6. The lowest BCUT2D eigenvalue weighted by molar-refractivity contribution is -0.0512. The number of alkyl halides is 2. The van der Waals surface area contributed by atoms with Gasteiger partial charge in [0.25, 0.3) is 5.91 Å². The fraction of sp³-hybridized carbons (Fsp3) is 0.300. The van der Waals surface area contributed by atoms with Crippen LogP contribution in [0.15, 0.2) is 47.4 Å². The Morgan fingerprint density at radius 2 is 1.77 bits per heavy atom. The van der Waals surface area contributed by atoms with Crippen molar-refractivity contribution in [3.63, 3.8) is 0 Å². The highest BCUT2D eigenvalue weighted by atomic mass is 32.2. The van der Waals surface area contributed by atoms with Gasteiger partial charge in [-0.3, -0.25) is 4.79 Å². The number of benzene rings is 2. The highest BCUT2D eigenvalue weighted by molar-refractivity contribution is 7.89. The average Bonchev–Trinajstić information content (AvgIpc) is 2.78. The van der Waals surface area contributed by atoms with Gasteiger partial charge >= 0.3 is 6.61 Å². The number of carbonyl (C=O) groups is 1. The molecule has 1 heterocycles. The number of carbonyl (C=O) groups excluding carboxylic acids is 1. The summed E-state index contributed by atoms with van der Waals surface area (Å²) in [5, 5.41) is 9.18. The predicted octanol–water partition coefficient (Wildman–Crippen LogP) is 2.31. The number of hydrogen-bond acceptors (Lipinski definition) is 6. The number of nitriles is 1. The van der Waals surface area contributed by atoms with Crippen LogP contribution in [-0.4, -0.2) is 63.4 Å². The summed E-state index contributed by atoms with van der Waals surface area (Å²) in [6, 6.07) is 11.7. The van der Waals surface area contributed by atoms with Gasteiger partial charge in [-0.1, -0.05) is 12.1 Å². The first-order valence-corrected chi connectivity index (χ1v) is 10.6. The number of methoxy groups -OCH3 is 1. The smallest absolute Gasteiger partial charge is 0.387 e. The molecule has 0 N–H and O–H groups in total. The predicted molar refractivity (Wildman–Crippen MR) is 105 cm³/mol. The monoisotopic (exact) mass is 451 g/mol. The van der Waals surface area contributed by atoms with E-state index in [0.717, 1.165) is 0 Å². The van der Waals surface area contributed by atoms with Crippen LogP contribution in [-0.2, 0) is 10.0 Å². The molecule has 3 rings (SSSR count). The van der Waals surface area contributed by atoms with Crippen LogP contribution >= 0.6 is 0 Å². The van der Waals surface area contributed by atoms with Crippen molar-refractivity contribution in [1.29, 1.82) is 5.26 Å². The van der Waals surface area contributed by atoms with Crippen molar-refractivity contribution in [1.82, 2.24) is 9.21 Å². The van der Waals surface area contributed by atoms with Gasteiger partial charge in [0.2, 0.25) is 10.0 Å². The molecule has 31 heavy (non-hydrogen) atoms. The Balaban J connectivity index is 1.72. The van der Waals surface area contributed by atoms with E-state index in [2.05, 4.69) is 4.74 Å². The Kier molecular flexibility index (Phi) is 6.72. The molecule has 1 aliphatic heterocycles. The molecule has 1 fully saturated rings. The summed E-state index contributed by atoms with van der Waals surface area (Å²) < 4.78 is 61.3. The first-order valence-electron chi connectivity index (χ1n) is 9.19. The molecule has 1 saturated heterocycles. The van der Waals surface area contributed by atoms with Crippen LogP contribution < -0.4 is 9.47 Å². The molecule has 8 nitrogen and oxygen atoms in total. The van der Waals surface area contributed by atoms with E-state index in [-0.39, 0.29) is 53.7 Å². The number of amides is 1. The lowest BCUT2D eigenvalue weighted by atomic mass is 10.1. The topological polar surface area (TPSA) is 99.9 Å². The molecule has 0 spiro atoms. The van der Waals surface area contributed by atoms with Crippen molar-refractivity contribution in [3.8, 4) is 17.6 Å². The minimum absolute atomic E-state index is 0.0134. The van der Waals surface area contributed by atoms with Crippen LogP contribution in [0.5, 0.6) is 11.5 Å². The fourth-order valence-electron chi connectivity index (χ4n) is 3.23. The third-order valence-corrected chi connectivity index (χ3v) is 6.73. The third-order valence-electron chi connectivity index (χ3n) is 4.78. The van der Waals surface area contributed by atoms with Crippen molar-refractivity contribution < 1.29 is 31.5 Å². The van der Waals surface area contributed by atoms with Crippen molar-refractivity contribution in [2.45, 2.75) is 11.5 Å². The van der Waals surface area contributed by atoms with Gasteiger partial charge in [-0.05, 0) is 30.3 Å². The minimum atomic E-state index is -3.88. The van der Waals surface area contributed by atoms with Gasteiger partial charge < -0.3 is 14.4 Å². The van der Waals surface area contributed by atoms with Crippen molar-refractivity contribution in [2.24, 2.45) is 0 Å². The molecule has 0 bridgehead atoms. The second-order valence-corrected chi connectivity index (χ2v) is 8.45. The SMILES string of the molecule is COc1cc(C(=O)N2CCN(S(=O)(=O)c3ccccc3C#N)CC2)ccc1OC(F)F. The van der Waals surface area contributed by atoms with Crippen LogP contribution in [0.3, 0.4) is 0 Å². The number of ether oxygens (including phenoxy) is 2. The summed E-state index contributed by atoms with van der Waals surface area (Å²) in [6.45, 7) is -2.67. The molecule has 0 aromatic heterocycles. The summed E-state index contributed by atoms with van der Waals surface area (Å²) in [7, 11) is -2.61. The van der Waals surface area contributed by atoms with Crippen LogP contribution in [0.1, 0.15) is 15.9 Å². The van der Waals surface area contributed by atoms with E-state index in [1.807, 2.05) is 6.07 Å². The first-order chi connectivity index (χ1) is 14.8. The molecule has 0 unspecified atom stereocenters. The van der Waals surface area contributed by atoms with Crippen molar-refractivity contribution in [3.05, 3.63) is 53.6 Å². The molecule has 0 saturated carbocycles. The van der Waals surface area contributed by atoms with Crippen LogP contribution in [0.2, 0.25) is 0 Å². The standard InChI is InChI=1S/C20H19F2N3O5S/c1-29-17-12-14(6-7-16(17)30-20(21)22)19(26)24-8-10-25(11-9-24)31(27,28)18-5-3-2-4-15(18)13-23/h2-7,12,20H,8-11H2,1H3. The average molecular weight is 451 g/mol. The largest absolute Gasteiger partial charge is 0.493 e. The molecular weight excluding hydrogens is 432 g/mol. The first kappa shape index (κ1) is 22.5. The molecule has 0 aliphatic carbocycles. The number of nitrogens with zero attached hydrogens (tertiary/aromatic N) is 3. The molecule has 11 heteroatoms. The minimum Gasteiger partial charge on any atom is -0.493 e. The maximum atomic E-state index is 12.9. The Labute approximate surface area is 178 Å². The molecular formula is C20H19F2N3O5S. The number of sulfonamides is 1. The van der Waals surface area contributed by atoms with Gasteiger partial charge in [-0.15, -0.1) is 0 Å². The summed E-state index contributed by atoms with van der Waals surface area (Å²) in [4.78, 5) is 14.2. The van der Waals surface area contributed by atoms with E-state index in [1.165, 1.54) is 46.6 Å². The molecule has 0 radical (unpaired) electrons. The third kappa shape index (κ3) is 4.76. The van der Waals surface area contributed by atoms with E-state index < -0.39 is 22.5 Å². The number of hydrogen-bond donors (Lipinski definition) is 0. The highest BCUT2D eigenvalue weighted by Crippen LogP contribution is 2.30. The summed E-state index contributed by atoms with van der Waals surface area (Å²) >= 11 is 0. The molecule has 2 aromatic rings. The number of rotatable bonds is 6. The van der Waals surface area contributed by atoms with Crippen molar-refractivity contribution >= 4 is 15.9 Å². The lowest BCUT2D eigenvalue weighted by Gasteiger charge is -2.34. The Hall–Kier alpha value is -3.23. The zero-order valence-corrected chi connectivity index (χ0v) is 17.3.